The number of hydrogen-bond donors (Lipinski definition) is 1. The third kappa shape index (κ3) is 4.72. The van der Waals surface area contributed by atoms with Crippen LogP contribution in [-0.2, 0) is 11.2 Å². The summed E-state index contributed by atoms with van der Waals surface area (Å²) in [5.41, 5.74) is 5.43. The number of nitrogens with one attached hydrogen (secondary N) is 1. The van der Waals surface area contributed by atoms with Crippen LogP contribution in [0.4, 0.5) is 0 Å². The van der Waals surface area contributed by atoms with Gasteiger partial charge in [-0.1, -0.05) is 60.7 Å². The molecule has 0 atom stereocenters. The summed E-state index contributed by atoms with van der Waals surface area (Å²) in [7, 11) is 0. The van der Waals surface area contributed by atoms with E-state index in [0.29, 0.717) is 19.4 Å². The molecule has 0 unspecified atom stereocenters. The second kappa shape index (κ2) is 8.74. The van der Waals surface area contributed by atoms with Crippen LogP contribution in [0.5, 0.6) is 0 Å². The fourth-order valence-electron chi connectivity index (χ4n) is 3.64. The molecule has 4 heteroatoms. The number of rotatable bonds is 7. The molecule has 0 radical (unpaired) electrons. The van der Waals surface area contributed by atoms with E-state index in [2.05, 4.69) is 53.6 Å². The van der Waals surface area contributed by atoms with Crippen LogP contribution in [0.15, 0.2) is 85.2 Å². The van der Waals surface area contributed by atoms with Crippen LogP contribution in [0, 0.1) is 6.92 Å². The first kappa shape index (κ1) is 18.9. The van der Waals surface area contributed by atoms with Crippen LogP contribution in [0.25, 0.3) is 5.65 Å². The van der Waals surface area contributed by atoms with E-state index >= 15 is 0 Å². The summed E-state index contributed by atoms with van der Waals surface area (Å²) in [5.74, 6) is 0.109. The zero-order valence-electron chi connectivity index (χ0n) is 16.6. The molecule has 4 rings (SSSR count). The lowest BCUT2D eigenvalue weighted by Crippen LogP contribution is -2.27. The van der Waals surface area contributed by atoms with Gasteiger partial charge in [0.15, 0.2) is 0 Å². The maximum Gasteiger partial charge on any atom is 0.220 e. The molecular weight excluding hydrogens is 358 g/mol. The smallest absolute Gasteiger partial charge is 0.220 e. The molecule has 1 amide bonds. The third-order valence-electron chi connectivity index (χ3n) is 5.16. The molecule has 0 fully saturated rings. The average molecular weight is 383 g/mol. The number of carbonyl (C=O) groups is 1. The van der Waals surface area contributed by atoms with E-state index in [4.69, 9.17) is 0 Å². The summed E-state index contributed by atoms with van der Waals surface area (Å²) < 4.78 is 2.02. The van der Waals surface area contributed by atoms with Gasteiger partial charge in [-0.15, -0.1) is 0 Å². The van der Waals surface area contributed by atoms with Crippen molar-refractivity contribution in [3.05, 3.63) is 108 Å². The molecule has 0 bridgehead atoms. The van der Waals surface area contributed by atoms with Crippen molar-refractivity contribution in [2.45, 2.75) is 25.7 Å². The van der Waals surface area contributed by atoms with Gasteiger partial charge in [0.05, 0.1) is 5.69 Å². The largest absolute Gasteiger partial charge is 0.356 e. The van der Waals surface area contributed by atoms with Crippen molar-refractivity contribution in [3.63, 3.8) is 0 Å². The minimum Gasteiger partial charge on any atom is -0.356 e. The van der Waals surface area contributed by atoms with Crippen molar-refractivity contribution in [1.82, 2.24) is 14.7 Å². The third-order valence-corrected chi connectivity index (χ3v) is 5.16. The minimum atomic E-state index is 0.0515. The molecular formula is C25H25N3O. The number of hydrogen-bond acceptors (Lipinski definition) is 2. The highest BCUT2D eigenvalue weighted by Gasteiger charge is 2.17. The van der Waals surface area contributed by atoms with Crippen molar-refractivity contribution in [3.8, 4) is 0 Å². The number of fused-ring (bicyclic) bond motifs is 1. The van der Waals surface area contributed by atoms with Gasteiger partial charge < -0.3 is 9.72 Å². The molecule has 1 N–H and O–H groups in total. The van der Waals surface area contributed by atoms with Crippen LogP contribution in [0.1, 0.15) is 34.7 Å². The molecule has 29 heavy (non-hydrogen) atoms. The SMILES string of the molecule is Cc1ccn2cc(CCNC(=O)CC(c3ccccc3)c3ccccc3)nc2c1. The molecule has 0 aliphatic heterocycles. The highest BCUT2D eigenvalue weighted by Crippen LogP contribution is 2.27. The zero-order valence-corrected chi connectivity index (χ0v) is 16.6. The number of amides is 1. The number of imidazole rings is 1. The first-order chi connectivity index (χ1) is 14.2. The van der Waals surface area contributed by atoms with E-state index in [0.717, 1.165) is 22.5 Å². The molecule has 0 saturated heterocycles. The topological polar surface area (TPSA) is 46.4 Å². The standard InChI is InChI=1S/C25H25N3O/c1-19-13-15-28-18-22(27-24(28)16-19)12-14-26-25(29)17-23(20-8-4-2-5-9-20)21-10-6-3-7-11-21/h2-11,13,15-16,18,23H,12,14,17H2,1H3,(H,26,29). The van der Waals surface area contributed by atoms with E-state index in [9.17, 15) is 4.79 Å². The van der Waals surface area contributed by atoms with Gasteiger partial charge in [-0.25, -0.2) is 4.98 Å². The number of pyridine rings is 1. The maximum atomic E-state index is 12.7. The van der Waals surface area contributed by atoms with E-state index in [1.807, 2.05) is 53.2 Å². The molecule has 4 aromatic rings. The van der Waals surface area contributed by atoms with Crippen LogP contribution in [0.3, 0.4) is 0 Å². The lowest BCUT2D eigenvalue weighted by atomic mass is 9.88. The second-order valence-corrected chi connectivity index (χ2v) is 7.38. The Bertz CT molecular complexity index is 1050. The predicted octanol–water partition coefficient (Wildman–Crippen LogP) is 4.52. The Morgan fingerprint density at radius 2 is 1.66 bits per heavy atom. The van der Waals surface area contributed by atoms with E-state index in [1.54, 1.807) is 0 Å². The second-order valence-electron chi connectivity index (χ2n) is 7.38. The number of nitrogens with zero attached hydrogens (tertiary/aromatic N) is 2. The lowest BCUT2D eigenvalue weighted by Gasteiger charge is -2.17. The summed E-state index contributed by atoms with van der Waals surface area (Å²) in [6.45, 7) is 2.64. The monoisotopic (exact) mass is 383 g/mol. The normalized spacial score (nSPS) is 11.1. The quantitative estimate of drug-likeness (QED) is 0.510. The molecule has 0 saturated carbocycles. The Kier molecular flexibility index (Phi) is 5.71. The van der Waals surface area contributed by atoms with Gasteiger partial charge in [-0.2, -0.15) is 0 Å². The van der Waals surface area contributed by atoms with Crippen LogP contribution >= 0.6 is 0 Å². The van der Waals surface area contributed by atoms with E-state index < -0.39 is 0 Å². The number of aromatic nitrogens is 2. The Morgan fingerprint density at radius 3 is 2.31 bits per heavy atom. The van der Waals surface area contributed by atoms with Crippen LogP contribution in [-0.4, -0.2) is 21.8 Å². The molecule has 146 valence electrons. The minimum absolute atomic E-state index is 0.0515. The molecule has 0 spiro atoms. The predicted molar refractivity (Wildman–Crippen MR) is 116 cm³/mol. The molecule has 4 nitrogen and oxygen atoms in total. The van der Waals surface area contributed by atoms with E-state index in [-0.39, 0.29) is 11.8 Å². The van der Waals surface area contributed by atoms with E-state index in [1.165, 1.54) is 5.56 Å². The van der Waals surface area contributed by atoms with Gasteiger partial charge >= 0.3 is 0 Å². The molecule has 0 aliphatic rings. The fraction of sp³-hybridized carbons (Fsp3) is 0.200. The molecule has 2 heterocycles. The van der Waals surface area contributed by atoms with Crippen LogP contribution in [0.2, 0.25) is 0 Å². The zero-order chi connectivity index (χ0) is 20.1. The van der Waals surface area contributed by atoms with Gasteiger partial charge in [-0.05, 0) is 35.7 Å². The number of aryl methyl sites for hydroxylation is 1. The summed E-state index contributed by atoms with van der Waals surface area (Å²) >= 11 is 0. The molecule has 2 aromatic heterocycles. The highest BCUT2D eigenvalue weighted by molar-refractivity contribution is 5.77. The van der Waals surface area contributed by atoms with Gasteiger partial charge in [0, 0.05) is 37.7 Å². The number of carbonyl (C=O) groups excluding carboxylic acids is 1. The van der Waals surface area contributed by atoms with Gasteiger partial charge in [0.2, 0.25) is 5.91 Å². The van der Waals surface area contributed by atoms with Gasteiger partial charge in [-0.3, -0.25) is 4.79 Å². The van der Waals surface area contributed by atoms with Crippen molar-refractivity contribution >= 4 is 11.6 Å². The Hall–Kier alpha value is -3.40. The van der Waals surface area contributed by atoms with Crippen LogP contribution < -0.4 is 5.32 Å². The summed E-state index contributed by atoms with van der Waals surface area (Å²) in [6.07, 6.45) is 5.19. The summed E-state index contributed by atoms with van der Waals surface area (Å²) in [5, 5.41) is 3.07. The lowest BCUT2D eigenvalue weighted by molar-refractivity contribution is -0.121. The maximum absolute atomic E-state index is 12.7. The first-order valence-corrected chi connectivity index (χ1v) is 10.00. The first-order valence-electron chi connectivity index (χ1n) is 10.00. The average Bonchev–Trinajstić information content (AvgIpc) is 3.15. The summed E-state index contributed by atoms with van der Waals surface area (Å²) in [4.78, 5) is 17.3. The van der Waals surface area contributed by atoms with Gasteiger partial charge in [0.1, 0.15) is 5.65 Å². The van der Waals surface area contributed by atoms with Crippen molar-refractivity contribution in [2.75, 3.05) is 6.54 Å². The van der Waals surface area contributed by atoms with Crippen molar-refractivity contribution in [1.29, 1.82) is 0 Å². The number of benzene rings is 2. The molecule has 2 aromatic carbocycles. The Labute approximate surface area is 171 Å². The van der Waals surface area contributed by atoms with Crippen molar-refractivity contribution < 1.29 is 4.79 Å². The Balaban J connectivity index is 1.39. The molecule has 0 aliphatic carbocycles. The fourth-order valence-corrected chi connectivity index (χ4v) is 3.64. The Morgan fingerprint density at radius 1 is 1.00 bits per heavy atom. The highest BCUT2D eigenvalue weighted by atomic mass is 16.1. The van der Waals surface area contributed by atoms with Crippen molar-refractivity contribution in [2.24, 2.45) is 0 Å². The van der Waals surface area contributed by atoms with Gasteiger partial charge in [0.25, 0.3) is 0 Å². The summed E-state index contributed by atoms with van der Waals surface area (Å²) in [6, 6.07) is 24.6.